The first-order chi connectivity index (χ1) is 11.3. The van der Waals surface area contributed by atoms with Crippen molar-refractivity contribution in [3.8, 4) is 0 Å². The van der Waals surface area contributed by atoms with Crippen LogP contribution in [-0.2, 0) is 4.79 Å². The number of amidine groups is 1. The number of hydrogen-bond acceptors (Lipinski definition) is 2. The first-order valence-electron chi connectivity index (χ1n) is 7.72. The number of carbonyl (C=O) groups excluding carboxylic acids is 1. The van der Waals surface area contributed by atoms with Crippen LogP contribution in [0, 0.1) is 11.6 Å². The molecule has 130 valence electrons. The number of likely N-dealkylation sites (N-methyl/N-ethyl adjacent to an activating group) is 1. The third-order valence-corrected chi connectivity index (χ3v) is 3.54. The Bertz CT molecular complexity index is 677. The van der Waals surface area contributed by atoms with E-state index in [9.17, 15) is 13.6 Å². The third kappa shape index (κ3) is 5.01. The SMILES string of the molecule is C=C(/C=C(\N=C(C)N(CC)CC)c1cc(F)ccc1F)C(=O)NC. The lowest BCUT2D eigenvalue weighted by Crippen LogP contribution is -2.28. The van der Waals surface area contributed by atoms with Gasteiger partial charge in [-0.15, -0.1) is 0 Å². The average molecular weight is 335 g/mol. The van der Waals surface area contributed by atoms with E-state index in [2.05, 4.69) is 16.9 Å². The summed E-state index contributed by atoms with van der Waals surface area (Å²) >= 11 is 0. The molecule has 0 saturated heterocycles. The topological polar surface area (TPSA) is 44.7 Å². The van der Waals surface area contributed by atoms with Crippen LogP contribution in [0.25, 0.3) is 5.70 Å². The van der Waals surface area contributed by atoms with Gasteiger partial charge in [-0.25, -0.2) is 13.8 Å². The van der Waals surface area contributed by atoms with E-state index in [1.54, 1.807) is 6.92 Å². The summed E-state index contributed by atoms with van der Waals surface area (Å²) in [5.41, 5.74) is 0.226. The molecule has 0 aromatic heterocycles. The number of hydrogen-bond donors (Lipinski definition) is 1. The van der Waals surface area contributed by atoms with Crippen molar-refractivity contribution in [2.45, 2.75) is 20.8 Å². The van der Waals surface area contributed by atoms with Crippen LogP contribution in [0.3, 0.4) is 0 Å². The predicted octanol–water partition coefficient (Wildman–Crippen LogP) is 3.37. The van der Waals surface area contributed by atoms with Crippen LogP contribution in [0.15, 0.2) is 41.4 Å². The van der Waals surface area contributed by atoms with Crippen molar-refractivity contribution in [3.05, 3.63) is 53.6 Å². The normalized spacial score (nSPS) is 12.1. The van der Waals surface area contributed by atoms with Gasteiger partial charge in [0.05, 0.1) is 5.70 Å². The second-order valence-electron chi connectivity index (χ2n) is 5.09. The molecule has 4 nitrogen and oxygen atoms in total. The molecule has 0 bridgehead atoms. The van der Waals surface area contributed by atoms with Gasteiger partial charge in [-0.05, 0) is 45.0 Å². The largest absolute Gasteiger partial charge is 0.361 e. The van der Waals surface area contributed by atoms with Crippen molar-refractivity contribution in [1.29, 1.82) is 0 Å². The average Bonchev–Trinajstić information content (AvgIpc) is 2.56. The standard InChI is InChI=1S/C18H23F2N3O/c1-6-23(7-2)13(4)22-17(10-12(3)18(24)21-5)15-11-14(19)8-9-16(15)20/h8-11H,3,6-7H2,1-2,4-5H3,(H,21,24)/b17-10-,22-13?. The fraction of sp³-hybridized carbons (Fsp3) is 0.333. The van der Waals surface area contributed by atoms with Gasteiger partial charge in [-0.2, -0.15) is 0 Å². The lowest BCUT2D eigenvalue weighted by atomic mass is 10.1. The fourth-order valence-electron chi connectivity index (χ4n) is 2.18. The Morgan fingerprint density at radius 1 is 1.33 bits per heavy atom. The van der Waals surface area contributed by atoms with Gasteiger partial charge in [-0.1, -0.05) is 6.58 Å². The zero-order valence-corrected chi connectivity index (χ0v) is 14.5. The Hall–Kier alpha value is -2.50. The first kappa shape index (κ1) is 19.5. The first-order valence-corrected chi connectivity index (χ1v) is 7.72. The maximum absolute atomic E-state index is 14.1. The van der Waals surface area contributed by atoms with Crippen LogP contribution in [0.1, 0.15) is 26.3 Å². The van der Waals surface area contributed by atoms with E-state index in [1.165, 1.54) is 13.1 Å². The Morgan fingerprint density at radius 3 is 2.50 bits per heavy atom. The molecule has 0 aliphatic carbocycles. The molecule has 1 aromatic carbocycles. The quantitative estimate of drug-likeness (QED) is 0.375. The molecule has 6 heteroatoms. The van der Waals surface area contributed by atoms with Gasteiger partial charge in [0.25, 0.3) is 0 Å². The number of rotatable bonds is 6. The zero-order chi connectivity index (χ0) is 18.3. The van der Waals surface area contributed by atoms with Crippen molar-refractivity contribution in [2.24, 2.45) is 4.99 Å². The van der Waals surface area contributed by atoms with Crippen LogP contribution < -0.4 is 5.32 Å². The minimum atomic E-state index is -0.622. The van der Waals surface area contributed by atoms with Gasteiger partial charge in [0.15, 0.2) is 0 Å². The van der Waals surface area contributed by atoms with Crippen molar-refractivity contribution in [2.75, 3.05) is 20.1 Å². The summed E-state index contributed by atoms with van der Waals surface area (Å²) in [5.74, 6) is -0.985. The molecule has 1 rings (SSSR count). The molecule has 0 aliphatic rings. The van der Waals surface area contributed by atoms with E-state index in [-0.39, 0.29) is 16.8 Å². The molecule has 0 radical (unpaired) electrons. The highest BCUT2D eigenvalue weighted by Crippen LogP contribution is 2.23. The van der Waals surface area contributed by atoms with E-state index in [0.717, 1.165) is 31.3 Å². The van der Waals surface area contributed by atoms with Crippen LogP contribution in [-0.4, -0.2) is 36.8 Å². The van der Waals surface area contributed by atoms with Crippen molar-refractivity contribution in [3.63, 3.8) is 0 Å². The summed E-state index contributed by atoms with van der Waals surface area (Å²) in [6, 6.07) is 3.12. The minimum absolute atomic E-state index is 0.0217. The van der Waals surface area contributed by atoms with Crippen molar-refractivity contribution >= 4 is 17.4 Å². The smallest absolute Gasteiger partial charge is 0.250 e. The molecule has 0 atom stereocenters. The number of amides is 1. The van der Waals surface area contributed by atoms with Crippen molar-refractivity contribution in [1.82, 2.24) is 10.2 Å². The Labute approximate surface area is 141 Å². The minimum Gasteiger partial charge on any atom is -0.361 e. The van der Waals surface area contributed by atoms with Crippen LogP contribution in [0.4, 0.5) is 8.78 Å². The maximum Gasteiger partial charge on any atom is 0.250 e. The lowest BCUT2D eigenvalue weighted by molar-refractivity contribution is -0.116. The monoisotopic (exact) mass is 335 g/mol. The molecule has 0 spiro atoms. The predicted molar refractivity (Wildman–Crippen MR) is 93.6 cm³/mol. The summed E-state index contributed by atoms with van der Waals surface area (Å²) in [7, 11) is 1.47. The van der Waals surface area contributed by atoms with Gasteiger partial charge in [0.1, 0.15) is 17.5 Å². The van der Waals surface area contributed by atoms with Gasteiger partial charge in [-0.3, -0.25) is 4.79 Å². The Morgan fingerprint density at radius 2 is 1.96 bits per heavy atom. The van der Waals surface area contributed by atoms with Crippen LogP contribution in [0.5, 0.6) is 0 Å². The summed E-state index contributed by atoms with van der Waals surface area (Å²) in [4.78, 5) is 18.1. The Kier molecular flexibility index (Phi) is 7.30. The van der Waals surface area contributed by atoms with E-state index < -0.39 is 17.5 Å². The Balaban J connectivity index is 3.45. The highest BCUT2D eigenvalue weighted by Gasteiger charge is 2.13. The molecule has 0 heterocycles. The third-order valence-electron chi connectivity index (χ3n) is 3.54. The van der Waals surface area contributed by atoms with Gasteiger partial charge in [0.2, 0.25) is 5.91 Å². The van der Waals surface area contributed by atoms with Crippen LogP contribution in [0.2, 0.25) is 0 Å². The highest BCUT2D eigenvalue weighted by atomic mass is 19.1. The number of halogens is 2. The summed E-state index contributed by atoms with van der Waals surface area (Å²) in [5, 5.41) is 2.44. The van der Waals surface area contributed by atoms with Crippen molar-refractivity contribution < 1.29 is 13.6 Å². The second kappa shape index (κ2) is 8.96. The molecule has 1 N–H and O–H groups in total. The molecular formula is C18H23F2N3O. The second-order valence-corrected chi connectivity index (χ2v) is 5.09. The summed E-state index contributed by atoms with van der Waals surface area (Å²) in [6.07, 6.45) is 1.35. The van der Waals surface area contributed by atoms with E-state index in [1.807, 2.05) is 18.7 Å². The van der Waals surface area contributed by atoms with Gasteiger partial charge >= 0.3 is 0 Å². The number of benzene rings is 1. The number of nitrogens with zero attached hydrogens (tertiary/aromatic N) is 2. The lowest BCUT2D eigenvalue weighted by Gasteiger charge is -2.20. The molecule has 0 unspecified atom stereocenters. The van der Waals surface area contributed by atoms with Gasteiger partial charge < -0.3 is 10.2 Å². The number of aliphatic imine (C=N–C) groups is 1. The fourth-order valence-corrected chi connectivity index (χ4v) is 2.18. The summed E-state index contributed by atoms with van der Waals surface area (Å²) < 4.78 is 27.7. The van der Waals surface area contributed by atoms with Gasteiger partial charge in [0, 0.05) is 31.3 Å². The van der Waals surface area contributed by atoms with E-state index in [0.29, 0.717) is 5.84 Å². The molecule has 0 aliphatic heterocycles. The van der Waals surface area contributed by atoms with E-state index >= 15 is 0 Å². The summed E-state index contributed by atoms with van der Waals surface area (Å²) in [6.45, 7) is 10.8. The molecule has 0 fully saturated rings. The molecule has 0 saturated carbocycles. The molecule has 1 aromatic rings. The number of nitrogens with one attached hydrogen (secondary N) is 1. The molecular weight excluding hydrogens is 312 g/mol. The maximum atomic E-state index is 14.1. The van der Waals surface area contributed by atoms with E-state index in [4.69, 9.17) is 0 Å². The highest BCUT2D eigenvalue weighted by molar-refractivity contribution is 5.98. The molecule has 1 amide bonds. The number of carbonyl (C=O) groups is 1. The molecule has 24 heavy (non-hydrogen) atoms. The zero-order valence-electron chi connectivity index (χ0n) is 14.5. The van der Waals surface area contributed by atoms with Crippen LogP contribution >= 0.6 is 0 Å².